The molecule has 0 aliphatic carbocycles. The van der Waals surface area contributed by atoms with Gasteiger partial charge in [0, 0.05) is 30.6 Å². The molecule has 1 heterocycles. The minimum absolute atomic E-state index is 0.469. The van der Waals surface area contributed by atoms with Crippen LogP contribution >= 0.6 is 11.3 Å². The normalized spacial score (nSPS) is 12.5. The van der Waals surface area contributed by atoms with E-state index < -0.39 is 0 Å². The third-order valence-electron chi connectivity index (χ3n) is 2.99. The average Bonchev–Trinajstić information content (AvgIpc) is 2.92. The predicted octanol–water partition coefficient (Wildman–Crippen LogP) is 3.82. The summed E-state index contributed by atoms with van der Waals surface area (Å²) in [5.74, 6) is 0. The number of benzene rings is 1. The first kappa shape index (κ1) is 13.2. The minimum atomic E-state index is 0.469. The highest BCUT2D eigenvalue weighted by atomic mass is 32.1. The van der Waals surface area contributed by atoms with E-state index in [1.54, 1.807) is 11.3 Å². The highest BCUT2D eigenvalue weighted by molar-refractivity contribution is 7.09. The second kappa shape index (κ2) is 7.29. The number of aromatic nitrogens is 1. The van der Waals surface area contributed by atoms with Crippen LogP contribution in [-0.4, -0.2) is 11.5 Å². The SMILES string of the molecule is CCCC(NCCc1nccs1)c1ccccc1. The van der Waals surface area contributed by atoms with Crippen LogP contribution in [0.25, 0.3) is 0 Å². The topological polar surface area (TPSA) is 24.9 Å². The van der Waals surface area contributed by atoms with Crippen LogP contribution in [0.3, 0.4) is 0 Å². The van der Waals surface area contributed by atoms with Crippen molar-refractivity contribution in [2.24, 2.45) is 0 Å². The zero-order chi connectivity index (χ0) is 12.6. The number of hydrogen-bond donors (Lipinski definition) is 1. The first-order valence-corrected chi connectivity index (χ1v) is 7.45. The molecule has 3 heteroatoms. The summed E-state index contributed by atoms with van der Waals surface area (Å²) in [5, 5.41) is 6.89. The van der Waals surface area contributed by atoms with Crippen molar-refractivity contribution in [1.29, 1.82) is 0 Å². The number of hydrogen-bond acceptors (Lipinski definition) is 3. The van der Waals surface area contributed by atoms with Crippen molar-refractivity contribution in [1.82, 2.24) is 10.3 Å². The van der Waals surface area contributed by atoms with Gasteiger partial charge in [-0.1, -0.05) is 43.7 Å². The lowest BCUT2D eigenvalue weighted by molar-refractivity contribution is 0.497. The summed E-state index contributed by atoms with van der Waals surface area (Å²) in [4.78, 5) is 4.31. The van der Waals surface area contributed by atoms with E-state index in [0.29, 0.717) is 6.04 Å². The monoisotopic (exact) mass is 260 g/mol. The summed E-state index contributed by atoms with van der Waals surface area (Å²) in [7, 11) is 0. The van der Waals surface area contributed by atoms with Gasteiger partial charge in [-0.3, -0.25) is 0 Å². The molecule has 0 aliphatic heterocycles. The van der Waals surface area contributed by atoms with Gasteiger partial charge >= 0.3 is 0 Å². The molecule has 1 aromatic heterocycles. The molecule has 96 valence electrons. The fraction of sp³-hybridized carbons (Fsp3) is 0.400. The molecule has 0 aliphatic rings. The summed E-state index contributed by atoms with van der Waals surface area (Å²) in [6.45, 7) is 3.23. The molecule has 1 atom stereocenters. The van der Waals surface area contributed by atoms with Gasteiger partial charge in [0.1, 0.15) is 0 Å². The lowest BCUT2D eigenvalue weighted by Gasteiger charge is -2.18. The molecule has 0 fully saturated rings. The van der Waals surface area contributed by atoms with E-state index in [1.165, 1.54) is 23.4 Å². The summed E-state index contributed by atoms with van der Waals surface area (Å²) >= 11 is 1.73. The molecular formula is C15H20N2S. The maximum absolute atomic E-state index is 4.31. The highest BCUT2D eigenvalue weighted by Crippen LogP contribution is 2.18. The van der Waals surface area contributed by atoms with E-state index in [-0.39, 0.29) is 0 Å². The molecule has 0 saturated carbocycles. The maximum atomic E-state index is 4.31. The summed E-state index contributed by atoms with van der Waals surface area (Å²) in [6, 6.07) is 11.2. The molecule has 0 amide bonds. The number of rotatable bonds is 7. The minimum Gasteiger partial charge on any atom is -0.310 e. The Morgan fingerprint density at radius 3 is 2.78 bits per heavy atom. The van der Waals surface area contributed by atoms with Crippen molar-refractivity contribution in [2.45, 2.75) is 32.2 Å². The molecular weight excluding hydrogens is 240 g/mol. The molecule has 2 rings (SSSR count). The molecule has 0 bridgehead atoms. The second-order valence-electron chi connectivity index (χ2n) is 4.38. The Morgan fingerprint density at radius 2 is 2.11 bits per heavy atom. The van der Waals surface area contributed by atoms with Gasteiger partial charge in [0.05, 0.1) is 5.01 Å². The van der Waals surface area contributed by atoms with Crippen LogP contribution in [0.5, 0.6) is 0 Å². The van der Waals surface area contributed by atoms with E-state index in [4.69, 9.17) is 0 Å². The van der Waals surface area contributed by atoms with Crippen molar-refractivity contribution in [3.05, 3.63) is 52.5 Å². The molecule has 1 unspecified atom stereocenters. The van der Waals surface area contributed by atoms with Crippen molar-refractivity contribution >= 4 is 11.3 Å². The summed E-state index contributed by atoms with van der Waals surface area (Å²) in [5.41, 5.74) is 1.39. The molecule has 0 radical (unpaired) electrons. The molecule has 0 saturated heterocycles. The van der Waals surface area contributed by atoms with Crippen molar-refractivity contribution < 1.29 is 0 Å². The number of nitrogens with zero attached hydrogens (tertiary/aromatic N) is 1. The fourth-order valence-corrected chi connectivity index (χ4v) is 2.71. The Morgan fingerprint density at radius 1 is 1.28 bits per heavy atom. The van der Waals surface area contributed by atoms with E-state index in [1.807, 2.05) is 11.6 Å². The van der Waals surface area contributed by atoms with Gasteiger partial charge in [0.2, 0.25) is 0 Å². The van der Waals surface area contributed by atoms with Gasteiger partial charge < -0.3 is 5.32 Å². The molecule has 18 heavy (non-hydrogen) atoms. The van der Waals surface area contributed by atoms with Crippen molar-refractivity contribution in [3.8, 4) is 0 Å². The Hall–Kier alpha value is -1.19. The Labute approximate surface area is 113 Å². The van der Waals surface area contributed by atoms with Gasteiger partial charge in [0.15, 0.2) is 0 Å². The molecule has 0 spiro atoms. The van der Waals surface area contributed by atoms with E-state index >= 15 is 0 Å². The second-order valence-corrected chi connectivity index (χ2v) is 5.36. The number of nitrogens with one attached hydrogen (secondary N) is 1. The smallest absolute Gasteiger partial charge is 0.0937 e. The fourth-order valence-electron chi connectivity index (χ4n) is 2.09. The maximum Gasteiger partial charge on any atom is 0.0937 e. The summed E-state index contributed by atoms with van der Waals surface area (Å²) < 4.78 is 0. The quantitative estimate of drug-likeness (QED) is 0.818. The molecule has 1 aromatic carbocycles. The highest BCUT2D eigenvalue weighted by Gasteiger charge is 2.09. The third kappa shape index (κ3) is 3.93. The van der Waals surface area contributed by atoms with Crippen LogP contribution in [0.1, 0.15) is 36.4 Å². The Bertz CT molecular complexity index is 425. The van der Waals surface area contributed by atoms with Gasteiger partial charge in [-0.2, -0.15) is 0 Å². The van der Waals surface area contributed by atoms with Gasteiger partial charge in [-0.05, 0) is 12.0 Å². The first-order chi connectivity index (χ1) is 8.90. The van der Waals surface area contributed by atoms with E-state index in [0.717, 1.165) is 13.0 Å². The molecule has 2 aromatic rings. The predicted molar refractivity (Wildman–Crippen MR) is 77.9 cm³/mol. The van der Waals surface area contributed by atoms with Crippen LogP contribution in [0.2, 0.25) is 0 Å². The molecule has 1 N–H and O–H groups in total. The van der Waals surface area contributed by atoms with Crippen molar-refractivity contribution in [2.75, 3.05) is 6.54 Å². The first-order valence-electron chi connectivity index (χ1n) is 6.57. The van der Waals surface area contributed by atoms with Crippen molar-refractivity contribution in [3.63, 3.8) is 0 Å². The van der Waals surface area contributed by atoms with E-state index in [2.05, 4.69) is 47.6 Å². The lowest BCUT2D eigenvalue weighted by Crippen LogP contribution is -2.23. The molecule has 2 nitrogen and oxygen atoms in total. The Balaban J connectivity index is 1.87. The van der Waals surface area contributed by atoms with Crippen LogP contribution in [0.15, 0.2) is 41.9 Å². The van der Waals surface area contributed by atoms with Gasteiger partial charge in [-0.15, -0.1) is 11.3 Å². The number of thiazole rings is 1. The van der Waals surface area contributed by atoms with Crippen LogP contribution in [0.4, 0.5) is 0 Å². The average molecular weight is 260 g/mol. The van der Waals surface area contributed by atoms with Crippen LogP contribution in [-0.2, 0) is 6.42 Å². The lowest BCUT2D eigenvalue weighted by atomic mass is 10.0. The third-order valence-corrected chi connectivity index (χ3v) is 3.83. The van der Waals surface area contributed by atoms with Crippen LogP contribution < -0.4 is 5.32 Å². The van der Waals surface area contributed by atoms with Gasteiger partial charge in [-0.25, -0.2) is 4.98 Å². The zero-order valence-electron chi connectivity index (χ0n) is 10.8. The van der Waals surface area contributed by atoms with E-state index in [9.17, 15) is 0 Å². The Kier molecular flexibility index (Phi) is 5.36. The van der Waals surface area contributed by atoms with Crippen LogP contribution in [0, 0.1) is 0 Å². The largest absolute Gasteiger partial charge is 0.310 e. The standard InChI is InChI=1S/C15H20N2S/c1-2-6-14(13-7-4-3-5-8-13)16-10-9-15-17-11-12-18-15/h3-5,7-8,11-12,14,16H,2,6,9-10H2,1H3. The van der Waals surface area contributed by atoms with Gasteiger partial charge in [0.25, 0.3) is 0 Å². The summed E-state index contributed by atoms with van der Waals surface area (Å²) in [6.07, 6.45) is 5.27. The zero-order valence-corrected chi connectivity index (χ0v) is 11.6.